The zero-order chi connectivity index (χ0) is 27.0. The van der Waals surface area contributed by atoms with Crippen LogP contribution in [-0.4, -0.2) is 44.3 Å². The first kappa shape index (κ1) is 28.1. The highest BCUT2D eigenvalue weighted by Gasteiger charge is 2.32. The normalized spacial score (nSPS) is 12.0. The molecule has 0 heterocycles. The number of nitrogens with zero attached hydrogens (tertiary/aromatic N) is 2. The fourth-order valence-corrected chi connectivity index (χ4v) is 5.29. The summed E-state index contributed by atoms with van der Waals surface area (Å²) in [5.41, 5.74) is 0.939. The average molecular weight is 546 g/mol. The summed E-state index contributed by atoms with van der Waals surface area (Å²) in [6.45, 7) is 3.42. The van der Waals surface area contributed by atoms with Crippen molar-refractivity contribution in [1.82, 2.24) is 10.2 Å². The van der Waals surface area contributed by atoms with E-state index in [1.807, 2.05) is 6.92 Å². The van der Waals surface area contributed by atoms with E-state index in [1.54, 1.807) is 61.5 Å². The summed E-state index contributed by atoms with van der Waals surface area (Å²) in [5.74, 6) is -1.53. The second kappa shape index (κ2) is 12.7. The molecular formula is C27H29ClFN3O4S. The van der Waals surface area contributed by atoms with Gasteiger partial charge in [-0.2, -0.15) is 0 Å². The maximum absolute atomic E-state index is 13.7. The molecule has 0 bridgehead atoms. The molecule has 7 nitrogen and oxygen atoms in total. The van der Waals surface area contributed by atoms with Crippen LogP contribution < -0.4 is 9.62 Å². The van der Waals surface area contributed by atoms with E-state index in [9.17, 15) is 22.4 Å². The average Bonchev–Trinajstić information content (AvgIpc) is 2.89. The molecule has 0 aliphatic carbocycles. The number of benzene rings is 3. The highest BCUT2D eigenvalue weighted by atomic mass is 35.5. The number of nitrogens with one attached hydrogen (secondary N) is 1. The molecule has 0 aliphatic rings. The Hall–Kier alpha value is -3.43. The van der Waals surface area contributed by atoms with Gasteiger partial charge in [0.1, 0.15) is 18.4 Å². The number of hydrogen-bond donors (Lipinski definition) is 1. The van der Waals surface area contributed by atoms with Crippen LogP contribution in [0.15, 0.2) is 83.8 Å². The lowest BCUT2D eigenvalue weighted by molar-refractivity contribution is -0.139. The van der Waals surface area contributed by atoms with Gasteiger partial charge in [-0.1, -0.05) is 48.9 Å². The van der Waals surface area contributed by atoms with Gasteiger partial charge in [0.25, 0.3) is 10.0 Å². The van der Waals surface area contributed by atoms with Crippen molar-refractivity contribution in [2.24, 2.45) is 0 Å². The molecule has 1 N–H and O–H groups in total. The van der Waals surface area contributed by atoms with Crippen molar-refractivity contribution in [3.8, 4) is 0 Å². The van der Waals surface area contributed by atoms with E-state index in [-0.39, 0.29) is 23.0 Å². The largest absolute Gasteiger partial charge is 0.354 e. The van der Waals surface area contributed by atoms with Gasteiger partial charge in [-0.05, 0) is 67.4 Å². The smallest absolute Gasteiger partial charge is 0.264 e. The third-order valence-electron chi connectivity index (χ3n) is 5.68. The molecule has 10 heteroatoms. The van der Waals surface area contributed by atoms with Crippen molar-refractivity contribution in [1.29, 1.82) is 0 Å². The van der Waals surface area contributed by atoms with Gasteiger partial charge in [0, 0.05) is 18.1 Å². The van der Waals surface area contributed by atoms with Crippen LogP contribution in [0.25, 0.3) is 0 Å². The number of carbonyl (C=O) groups excluding carboxylic acids is 2. The van der Waals surface area contributed by atoms with E-state index in [0.717, 1.165) is 35.0 Å². The lowest BCUT2D eigenvalue weighted by Crippen LogP contribution is -2.51. The van der Waals surface area contributed by atoms with Crippen molar-refractivity contribution < 1.29 is 22.4 Å². The van der Waals surface area contributed by atoms with Crippen LogP contribution in [0.3, 0.4) is 0 Å². The zero-order valence-electron chi connectivity index (χ0n) is 20.6. The summed E-state index contributed by atoms with van der Waals surface area (Å²) >= 11 is 6.12. The molecular weight excluding hydrogens is 517 g/mol. The van der Waals surface area contributed by atoms with Crippen molar-refractivity contribution in [3.63, 3.8) is 0 Å². The van der Waals surface area contributed by atoms with Crippen LogP contribution in [0, 0.1) is 5.82 Å². The van der Waals surface area contributed by atoms with Crippen LogP contribution in [0.4, 0.5) is 10.1 Å². The number of anilines is 1. The minimum Gasteiger partial charge on any atom is -0.354 e. The molecule has 0 aromatic heterocycles. The fraction of sp³-hybridized carbons (Fsp3) is 0.259. The molecule has 1 atom stereocenters. The first-order chi connectivity index (χ1) is 17.6. The van der Waals surface area contributed by atoms with Crippen LogP contribution in [0.1, 0.15) is 25.8 Å². The molecule has 0 fully saturated rings. The SMILES string of the molecule is CCCNC(=O)C(C)N(Cc1cccc(Cl)c1)C(=O)CN(c1ccccc1)S(=O)(=O)c1ccc(F)cc1. The van der Waals surface area contributed by atoms with Crippen LogP contribution >= 0.6 is 11.6 Å². The predicted octanol–water partition coefficient (Wildman–Crippen LogP) is 4.62. The van der Waals surface area contributed by atoms with Crippen molar-refractivity contribution in [2.75, 3.05) is 17.4 Å². The fourth-order valence-electron chi connectivity index (χ4n) is 3.67. The predicted molar refractivity (Wildman–Crippen MR) is 142 cm³/mol. The second-order valence-electron chi connectivity index (χ2n) is 8.42. The van der Waals surface area contributed by atoms with E-state index in [4.69, 9.17) is 11.6 Å². The first-order valence-electron chi connectivity index (χ1n) is 11.8. The van der Waals surface area contributed by atoms with Gasteiger partial charge in [0.05, 0.1) is 10.6 Å². The van der Waals surface area contributed by atoms with Gasteiger partial charge < -0.3 is 10.2 Å². The maximum atomic E-state index is 13.7. The number of sulfonamides is 1. The third kappa shape index (κ3) is 7.30. The zero-order valence-corrected chi connectivity index (χ0v) is 22.2. The summed E-state index contributed by atoms with van der Waals surface area (Å²) in [5, 5.41) is 3.25. The minimum absolute atomic E-state index is 0.0410. The number of carbonyl (C=O) groups is 2. The summed E-state index contributed by atoms with van der Waals surface area (Å²) in [4.78, 5) is 27.7. The quantitative estimate of drug-likeness (QED) is 0.381. The van der Waals surface area contributed by atoms with Crippen LogP contribution in [0.5, 0.6) is 0 Å². The lowest BCUT2D eigenvalue weighted by Gasteiger charge is -2.32. The Balaban J connectivity index is 1.99. The Morgan fingerprint density at radius 3 is 2.30 bits per heavy atom. The molecule has 3 aromatic rings. The van der Waals surface area contributed by atoms with E-state index in [0.29, 0.717) is 17.1 Å². The number of amides is 2. The number of halogens is 2. The molecule has 196 valence electrons. The van der Waals surface area contributed by atoms with Crippen LogP contribution in [0.2, 0.25) is 5.02 Å². The van der Waals surface area contributed by atoms with E-state index in [1.165, 1.54) is 4.90 Å². The van der Waals surface area contributed by atoms with Crippen molar-refractivity contribution in [2.45, 2.75) is 37.8 Å². The summed E-state index contributed by atoms with van der Waals surface area (Å²) in [7, 11) is -4.24. The first-order valence-corrected chi connectivity index (χ1v) is 13.6. The molecule has 0 aliphatic heterocycles. The number of rotatable bonds is 11. The Bertz CT molecular complexity index is 1320. The Kier molecular flexibility index (Phi) is 9.66. The molecule has 0 saturated carbocycles. The van der Waals surface area contributed by atoms with Gasteiger partial charge in [0.2, 0.25) is 11.8 Å². The minimum atomic E-state index is -4.24. The highest BCUT2D eigenvalue weighted by molar-refractivity contribution is 7.92. The van der Waals surface area contributed by atoms with Gasteiger partial charge in [-0.15, -0.1) is 0 Å². The summed E-state index contributed by atoms with van der Waals surface area (Å²) in [6.07, 6.45) is 0.721. The summed E-state index contributed by atoms with van der Waals surface area (Å²) < 4.78 is 41.6. The van der Waals surface area contributed by atoms with Gasteiger partial charge in [-0.25, -0.2) is 12.8 Å². The van der Waals surface area contributed by atoms with E-state index >= 15 is 0 Å². The molecule has 37 heavy (non-hydrogen) atoms. The topological polar surface area (TPSA) is 86.8 Å². The Morgan fingerprint density at radius 1 is 1.00 bits per heavy atom. The monoisotopic (exact) mass is 545 g/mol. The van der Waals surface area contributed by atoms with E-state index in [2.05, 4.69) is 5.32 Å². The lowest BCUT2D eigenvalue weighted by atomic mass is 10.1. The Labute approximate surface area is 221 Å². The second-order valence-corrected chi connectivity index (χ2v) is 10.7. The van der Waals surface area contributed by atoms with Crippen molar-refractivity contribution >= 4 is 39.1 Å². The standard InChI is InChI=1S/C27H29ClFN3O4S/c1-3-16-30-27(34)20(2)31(18-21-8-7-9-22(28)17-21)26(33)19-32(24-10-5-4-6-11-24)37(35,36)25-14-12-23(29)13-15-25/h4-15,17,20H,3,16,18-19H2,1-2H3,(H,30,34). The number of para-hydroxylation sites is 1. The molecule has 2 amide bonds. The molecule has 0 radical (unpaired) electrons. The molecule has 0 spiro atoms. The van der Waals surface area contributed by atoms with Crippen molar-refractivity contribution in [3.05, 3.63) is 95.3 Å². The van der Waals surface area contributed by atoms with Gasteiger partial charge in [0.15, 0.2) is 0 Å². The van der Waals surface area contributed by atoms with E-state index < -0.39 is 34.3 Å². The maximum Gasteiger partial charge on any atom is 0.264 e. The molecule has 0 saturated heterocycles. The molecule has 3 aromatic carbocycles. The van der Waals surface area contributed by atoms with Gasteiger partial charge >= 0.3 is 0 Å². The number of hydrogen-bond acceptors (Lipinski definition) is 4. The molecule has 3 rings (SSSR count). The molecule has 1 unspecified atom stereocenters. The van der Waals surface area contributed by atoms with Gasteiger partial charge in [-0.3, -0.25) is 13.9 Å². The summed E-state index contributed by atoms with van der Waals surface area (Å²) in [6, 6.07) is 18.5. The van der Waals surface area contributed by atoms with Crippen LogP contribution in [-0.2, 0) is 26.2 Å². The highest BCUT2D eigenvalue weighted by Crippen LogP contribution is 2.25. The Morgan fingerprint density at radius 2 is 1.68 bits per heavy atom. The third-order valence-corrected chi connectivity index (χ3v) is 7.71.